The number of halogens is 1. The fourth-order valence-corrected chi connectivity index (χ4v) is 1.45. The van der Waals surface area contributed by atoms with Crippen LogP contribution in [0.3, 0.4) is 0 Å². The highest BCUT2D eigenvalue weighted by atomic mass is 35.5. The summed E-state index contributed by atoms with van der Waals surface area (Å²) in [5, 5.41) is 8.93. The zero-order valence-electron chi connectivity index (χ0n) is 9.79. The lowest BCUT2D eigenvalue weighted by Gasteiger charge is -2.10. The average molecular weight is 261 g/mol. The van der Waals surface area contributed by atoms with Gasteiger partial charge in [0, 0.05) is 32.1 Å². The summed E-state index contributed by atoms with van der Waals surface area (Å²) in [6, 6.07) is 3.66. The molecule has 0 aliphatic heterocycles. The van der Waals surface area contributed by atoms with Gasteiger partial charge < -0.3 is 4.90 Å². The molecule has 2 aromatic rings. The highest BCUT2D eigenvalue weighted by Crippen LogP contribution is 2.18. The number of hydrogen-bond acceptors (Lipinski definition) is 6. The molecule has 0 saturated heterocycles. The molecule has 90 valence electrons. The van der Waals surface area contributed by atoms with Crippen molar-refractivity contribution >= 4 is 17.5 Å². The van der Waals surface area contributed by atoms with Crippen LogP contribution in [0.15, 0.2) is 18.5 Å². The standard InChI is InChI=1S/C11H9ClN6/c1-18(2)11-16-9(15-10(12)17-11)8-3-7(4-13)5-14-6-8/h3,5-6H,1-2H3. The fraction of sp³-hybridized carbons (Fsp3) is 0.182. The van der Waals surface area contributed by atoms with E-state index in [4.69, 9.17) is 16.9 Å². The lowest BCUT2D eigenvalue weighted by molar-refractivity contribution is 0.960. The molecule has 0 N–H and O–H groups in total. The molecule has 0 fully saturated rings. The Labute approximate surface area is 109 Å². The van der Waals surface area contributed by atoms with Gasteiger partial charge >= 0.3 is 0 Å². The molecule has 0 radical (unpaired) electrons. The van der Waals surface area contributed by atoms with Gasteiger partial charge in [0.1, 0.15) is 6.07 Å². The van der Waals surface area contributed by atoms with E-state index in [0.29, 0.717) is 22.9 Å². The summed E-state index contributed by atoms with van der Waals surface area (Å²) in [5.41, 5.74) is 1.07. The van der Waals surface area contributed by atoms with Crippen LogP contribution < -0.4 is 4.90 Å². The van der Waals surface area contributed by atoms with Crippen LogP contribution in [-0.4, -0.2) is 34.0 Å². The van der Waals surface area contributed by atoms with Crippen molar-refractivity contribution in [3.8, 4) is 17.5 Å². The predicted octanol–water partition coefficient (Wildman–Crippen LogP) is 1.52. The van der Waals surface area contributed by atoms with Gasteiger partial charge in [0.2, 0.25) is 11.2 Å². The zero-order chi connectivity index (χ0) is 13.1. The first-order valence-electron chi connectivity index (χ1n) is 5.04. The summed E-state index contributed by atoms with van der Waals surface area (Å²) in [5.74, 6) is 0.843. The van der Waals surface area contributed by atoms with Crippen LogP contribution in [0.2, 0.25) is 5.28 Å². The minimum Gasteiger partial charge on any atom is -0.347 e. The summed E-state index contributed by atoms with van der Waals surface area (Å²) in [6.07, 6.45) is 3.05. The van der Waals surface area contributed by atoms with Crippen LogP contribution in [0, 0.1) is 11.3 Å². The molecule has 0 spiro atoms. The number of anilines is 1. The third-order valence-corrected chi connectivity index (χ3v) is 2.29. The van der Waals surface area contributed by atoms with Crippen molar-refractivity contribution in [1.29, 1.82) is 5.26 Å². The first-order chi connectivity index (χ1) is 8.60. The van der Waals surface area contributed by atoms with E-state index in [1.165, 1.54) is 6.20 Å². The molecule has 0 aromatic carbocycles. The van der Waals surface area contributed by atoms with E-state index in [0.717, 1.165) is 0 Å². The summed E-state index contributed by atoms with van der Waals surface area (Å²) >= 11 is 5.84. The number of rotatable bonds is 2. The predicted molar refractivity (Wildman–Crippen MR) is 67.1 cm³/mol. The third kappa shape index (κ3) is 2.52. The molecule has 0 amide bonds. The molecule has 0 saturated carbocycles. The van der Waals surface area contributed by atoms with Crippen molar-refractivity contribution < 1.29 is 0 Å². The van der Waals surface area contributed by atoms with Gasteiger partial charge in [0.05, 0.1) is 5.56 Å². The maximum atomic E-state index is 8.83. The Morgan fingerprint density at radius 2 is 2.00 bits per heavy atom. The minimum absolute atomic E-state index is 0.103. The SMILES string of the molecule is CN(C)c1nc(Cl)nc(-c2cncc(C#N)c2)n1. The maximum Gasteiger partial charge on any atom is 0.229 e. The van der Waals surface area contributed by atoms with Gasteiger partial charge in [0.25, 0.3) is 0 Å². The molecule has 2 heterocycles. The van der Waals surface area contributed by atoms with Gasteiger partial charge in [-0.1, -0.05) is 0 Å². The lowest BCUT2D eigenvalue weighted by atomic mass is 10.2. The van der Waals surface area contributed by atoms with Crippen LogP contribution in [0.5, 0.6) is 0 Å². The van der Waals surface area contributed by atoms with E-state index >= 15 is 0 Å². The second-order valence-electron chi connectivity index (χ2n) is 3.70. The van der Waals surface area contributed by atoms with E-state index in [1.807, 2.05) is 6.07 Å². The number of nitriles is 1. The highest BCUT2D eigenvalue weighted by Gasteiger charge is 2.09. The molecule has 2 rings (SSSR count). The first kappa shape index (κ1) is 12.2. The van der Waals surface area contributed by atoms with Gasteiger partial charge in [-0.2, -0.15) is 20.2 Å². The lowest BCUT2D eigenvalue weighted by Crippen LogP contribution is -2.14. The summed E-state index contributed by atoms with van der Waals surface area (Å²) in [6.45, 7) is 0. The molecular weight excluding hydrogens is 252 g/mol. The van der Waals surface area contributed by atoms with Crippen LogP contribution in [0.1, 0.15) is 5.56 Å². The van der Waals surface area contributed by atoms with Crippen molar-refractivity contribution in [3.63, 3.8) is 0 Å². The van der Waals surface area contributed by atoms with Crippen molar-refractivity contribution in [2.45, 2.75) is 0 Å². The van der Waals surface area contributed by atoms with Gasteiger partial charge in [0.15, 0.2) is 5.82 Å². The topological polar surface area (TPSA) is 78.6 Å². The maximum absolute atomic E-state index is 8.83. The van der Waals surface area contributed by atoms with E-state index in [9.17, 15) is 0 Å². The minimum atomic E-state index is 0.103. The molecule has 0 atom stereocenters. The van der Waals surface area contributed by atoms with Crippen LogP contribution in [0.4, 0.5) is 5.95 Å². The van der Waals surface area contributed by atoms with Crippen LogP contribution in [0.25, 0.3) is 11.4 Å². The summed E-state index contributed by atoms with van der Waals surface area (Å²) in [4.78, 5) is 17.9. The number of nitrogens with zero attached hydrogens (tertiary/aromatic N) is 6. The molecule has 18 heavy (non-hydrogen) atoms. The molecule has 0 bridgehead atoms. The number of pyridine rings is 1. The van der Waals surface area contributed by atoms with Crippen molar-refractivity contribution in [1.82, 2.24) is 19.9 Å². The van der Waals surface area contributed by atoms with E-state index in [-0.39, 0.29) is 5.28 Å². The number of aromatic nitrogens is 4. The largest absolute Gasteiger partial charge is 0.347 e. The van der Waals surface area contributed by atoms with Crippen molar-refractivity contribution in [2.24, 2.45) is 0 Å². The molecule has 2 aromatic heterocycles. The first-order valence-corrected chi connectivity index (χ1v) is 5.42. The van der Waals surface area contributed by atoms with Crippen molar-refractivity contribution in [3.05, 3.63) is 29.3 Å². The zero-order valence-corrected chi connectivity index (χ0v) is 10.5. The second-order valence-corrected chi connectivity index (χ2v) is 4.03. The van der Waals surface area contributed by atoms with Gasteiger partial charge in [-0.3, -0.25) is 4.98 Å². The Hall–Kier alpha value is -2.26. The summed E-state index contributed by atoms with van der Waals surface area (Å²) in [7, 11) is 3.61. The average Bonchev–Trinajstić information content (AvgIpc) is 2.38. The van der Waals surface area contributed by atoms with Gasteiger partial charge in [-0.25, -0.2) is 0 Å². The highest BCUT2D eigenvalue weighted by molar-refractivity contribution is 6.28. The Kier molecular flexibility index (Phi) is 3.35. The Balaban J connectivity index is 2.53. The molecule has 0 aliphatic rings. The van der Waals surface area contributed by atoms with E-state index in [2.05, 4.69) is 19.9 Å². The molecule has 0 aliphatic carbocycles. The number of hydrogen-bond donors (Lipinski definition) is 0. The molecule has 7 heteroatoms. The normalized spacial score (nSPS) is 9.89. The molecule has 6 nitrogen and oxygen atoms in total. The van der Waals surface area contributed by atoms with Crippen molar-refractivity contribution in [2.75, 3.05) is 19.0 Å². The molecule has 0 unspecified atom stereocenters. The Morgan fingerprint density at radius 3 is 2.67 bits per heavy atom. The Morgan fingerprint density at radius 1 is 1.22 bits per heavy atom. The van der Waals surface area contributed by atoms with E-state index < -0.39 is 0 Å². The fourth-order valence-electron chi connectivity index (χ4n) is 1.29. The van der Waals surface area contributed by atoms with Gasteiger partial charge in [-0.15, -0.1) is 0 Å². The Bertz CT molecular complexity index is 619. The third-order valence-electron chi connectivity index (χ3n) is 2.12. The smallest absolute Gasteiger partial charge is 0.229 e. The van der Waals surface area contributed by atoms with E-state index in [1.54, 1.807) is 31.3 Å². The van der Waals surface area contributed by atoms with Crippen LogP contribution >= 0.6 is 11.6 Å². The molecular formula is C11H9ClN6. The quantitative estimate of drug-likeness (QED) is 0.815. The second kappa shape index (κ2) is 4.94. The van der Waals surface area contributed by atoms with Crippen LogP contribution in [-0.2, 0) is 0 Å². The monoisotopic (exact) mass is 260 g/mol. The van der Waals surface area contributed by atoms with Gasteiger partial charge in [-0.05, 0) is 17.7 Å². The summed E-state index contributed by atoms with van der Waals surface area (Å²) < 4.78 is 0.